The molecule has 1 amide bonds. The lowest BCUT2D eigenvalue weighted by molar-refractivity contribution is 0.0773. The summed E-state index contributed by atoms with van der Waals surface area (Å²) in [5.74, 6) is 0.339. The number of aromatic nitrogens is 1. The lowest BCUT2D eigenvalue weighted by atomic mass is 9.85. The van der Waals surface area contributed by atoms with Gasteiger partial charge in [-0.2, -0.15) is 0 Å². The first-order chi connectivity index (χ1) is 19.5. The predicted molar refractivity (Wildman–Crippen MR) is 161 cm³/mol. The molecule has 2 aliphatic heterocycles. The van der Waals surface area contributed by atoms with Crippen LogP contribution >= 0.6 is 0 Å². The Labute approximate surface area is 236 Å². The fourth-order valence-corrected chi connectivity index (χ4v) is 6.69. The van der Waals surface area contributed by atoms with Crippen molar-refractivity contribution in [2.75, 3.05) is 13.1 Å². The quantitative estimate of drug-likeness (QED) is 0.278. The van der Waals surface area contributed by atoms with Crippen LogP contribution in [-0.4, -0.2) is 51.0 Å². The summed E-state index contributed by atoms with van der Waals surface area (Å²) in [6.45, 7) is 6.34. The van der Waals surface area contributed by atoms with Crippen molar-refractivity contribution >= 4 is 22.4 Å². The minimum absolute atomic E-state index is 0.0673. The average molecular weight is 532 g/mol. The summed E-state index contributed by atoms with van der Waals surface area (Å²) < 4.78 is 0. The second-order valence-electron chi connectivity index (χ2n) is 11.1. The fourth-order valence-electron chi connectivity index (χ4n) is 6.69. The summed E-state index contributed by atoms with van der Waals surface area (Å²) in [6, 6.07) is 27.2. The number of carbonyl (C=O) groups is 1. The highest BCUT2D eigenvalue weighted by Crippen LogP contribution is 2.44. The van der Waals surface area contributed by atoms with Gasteiger partial charge in [0.2, 0.25) is 0 Å². The Morgan fingerprint density at radius 1 is 0.875 bits per heavy atom. The van der Waals surface area contributed by atoms with Gasteiger partial charge in [0.05, 0.1) is 5.52 Å². The number of benzene rings is 3. The standard InChI is InChI=1S/C35H37N3O2/c1-3-37(4-2)35(40)26-14-12-25(13-15-26)34(28-9-7-10-32(39)21-28)29-19-30-16-17-31(20-29)38(30)23-24-18-27-8-5-6-11-33(27)36-22-24/h5-15,18,21-22,30-31,39H,3-4,16-17,19-20,23H2,1-2H3. The number of hydrogen-bond acceptors (Lipinski definition) is 4. The molecule has 2 saturated heterocycles. The lowest BCUT2D eigenvalue weighted by Crippen LogP contribution is -2.40. The van der Waals surface area contributed by atoms with E-state index >= 15 is 0 Å². The normalized spacial score (nSPS) is 18.7. The number of rotatable bonds is 7. The van der Waals surface area contributed by atoms with Crippen molar-refractivity contribution in [1.82, 2.24) is 14.8 Å². The van der Waals surface area contributed by atoms with Gasteiger partial charge in [-0.25, -0.2) is 0 Å². The highest BCUT2D eigenvalue weighted by molar-refractivity contribution is 5.95. The van der Waals surface area contributed by atoms with Crippen molar-refractivity contribution in [1.29, 1.82) is 0 Å². The molecule has 1 aromatic heterocycles. The van der Waals surface area contributed by atoms with Gasteiger partial charge in [0.15, 0.2) is 0 Å². The molecule has 2 unspecified atom stereocenters. The van der Waals surface area contributed by atoms with Crippen LogP contribution in [0.1, 0.15) is 66.6 Å². The molecule has 5 nitrogen and oxygen atoms in total. The summed E-state index contributed by atoms with van der Waals surface area (Å²) in [5, 5.41) is 11.5. The zero-order chi connectivity index (χ0) is 27.6. The second kappa shape index (κ2) is 11.3. The minimum Gasteiger partial charge on any atom is -0.508 e. The van der Waals surface area contributed by atoms with Crippen molar-refractivity contribution in [3.8, 4) is 5.75 Å². The van der Waals surface area contributed by atoms with E-state index < -0.39 is 0 Å². The fraction of sp³-hybridized carbons (Fsp3) is 0.314. The smallest absolute Gasteiger partial charge is 0.253 e. The number of hydrogen-bond donors (Lipinski definition) is 1. The van der Waals surface area contributed by atoms with E-state index in [1.165, 1.54) is 34.9 Å². The lowest BCUT2D eigenvalue weighted by Gasteiger charge is -2.37. The summed E-state index contributed by atoms with van der Waals surface area (Å²) in [5.41, 5.74) is 7.79. The molecule has 3 heterocycles. The Kier molecular flexibility index (Phi) is 7.40. The van der Waals surface area contributed by atoms with Gasteiger partial charge in [0.25, 0.3) is 5.91 Å². The number of nitrogens with zero attached hydrogens (tertiary/aromatic N) is 3. The third kappa shape index (κ3) is 5.14. The third-order valence-electron chi connectivity index (χ3n) is 8.71. The van der Waals surface area contributed by atoms with Crippen LogP contribution in [0.15, 0.2) is 90.6 Å². The van der Waals surface area contributed by atoms with E-state index in [-0.39, 0.29) is 11.7 Å². The van der Waals surface area contributed by atoms with Gasteiger partial charge < -0.3 is 10.0 Å². The number of carbonyl (C=O) groups excluding carboxylic acids is 1. The highest BCUT2D eigenvalue weighted by atomic mass is 16.3. The van der Waals surface area contributed by atoms with Gasteiger partial charge in [0.1, 0.15) is 5.75 Å². The Morgan fingerprint density at radius 3 is 2.27 bits per heavy atom. The van der Waals surface area contributed by atoms with Crippen LogP contribution in [0.3, 0.4) is 0 Å². The number of phenolic OH excluding ortho intramolecular Hbond substituents is 1. The molecule has 5 heteroatoms. The van der Waals surface area contributed by atoms with Crippen LogP contribution in [0.5, 0.6) is 5.75 Å². The van der Waals surface area contributed by atoms with Gasteiger partial charge in [-0.1, -0.05) is 48.0 Å². The molecule has 2 fully saturated rings. The van der Waals surface area contributed by atoms with E-state index in [1.54, 1.807) is 6.07 Å². The largest absolute Gasteiger partial charge is 0.508 e. The minimum atomic E-state index is 0.0673. The predicted octanol–water partition coefficient (Wildman–Crippen LogP) is 7.05. The molecule has 0 aliphatic carbocycles. The summed E-state index contributed by atoms with van der Waals surface area (Å²) >= 11 is 0. The molecular formula is C35H37N3O2. The maximum absolute atomic E-state index is 12.9. The van der Waals surface area contributed by atoms with Gasteiger partial charge >= 0.3 is 0 Å². The number of aromatic hydroxyl groups is 1. The van der Waals surface area contributed by atoms with Crippen molar-refractivity contribution in [2.45, 2.75) is 58.2 Å². The number of phenols is 1. The molecule has 3 aromatic carbocycles. The number of fused-ring (bicyclic) bond motifs is 3. The maximum Gasteiger partial charge on any atom is 0.253 e. The van der Waals surface area contributed by atoms with Crippen molar-refractivity contribution in [3.05, 3.63) is 113 Å². The molecular weight excluding hydrogens is 494 g/mol. The van der Waals surface area contributed by atoms with E-state index in [1.807, 2.05) is 55.3 Å². The van der Waals surface area contributed by atoms with Crippen molar-refractivity contribution in [3.63, 3.8) is 0 Å². The number of para-hydroxylation sites is 1. The van der Waals surface area contributed by atoms with Crippen molar-refractivity contribution < 1.29 is 9.90 Å². The molecule has 40 heavy (non-hydrogen) atoms. The van der Waals surface area contributed by atoms with Gasteiger partial charge in [-0.05, 0) is 98.2 Å². The Bertz CT molecular complexity index is 1540. The van der Waals surface area contributed by atoms with E-state index in [0.717, 1.165) is 36.0 Å². The summed E-state index contributed by atoms with van der Waals surface area (Å²) in [6.07, 6.45) is 6.43. The van der Waals surface area contributed by atoms with Crippen LogP contribution in [-0.2, 0) is 6.54 Å². The Morgan fingerprint density at radius 2 is 1.57 bits per heavy atom. The summed E-state index contributed by atoms with van der Waals surface area (Å²) in [7, 11) is 0. The van der Waals surface area contributed by atoms with Gasteiger partial charge in [-0.15, -0.1) is 0 Å². The monoisotopic (exact) mass is 531 g/mol. The topological polar surface area (TPSA) is 56.7 Å². The van der Waals surface area contributed by atoms with Crippen LogP contribution < -0.4 is 0 Å². The summed E-state index contributed by atoms with van der Waals surface area (Å²) in [4.78, 5) is 22.2. The Hall–Kier alpha value is -3.96. The highest BCUT2D eigenvalue weighted by Gasteiger charge is 2.39. The van der Waals surface area contributed by atoms with Crippen molar-refractivity contribution in [2.24, 2.45) is 0 Å². The van der Waals surface area contributed by atoms with Crippen LogP contribution in [0.4, 0.5) is 0 Å². The molecule has 2 atom stereocenters. The van der Waals surface area contributed by atoms with Crippen LogP contribution in [0.2, 0.25) is 0 Å². The van der Waals surface area contributed by atoms with E-state index in [2.05, 4.69) is 47.4 Å². The first kappa shape index (κ1) is 26.3. The third-order valence-corrected chi connectivity index (χ3v) is 8.71. The number of piperidine rings is 1. The molecule has 2 aliphatic rings. The van der Waals surface area contributed by atoms with E-state index in [4.69, 9.17) is 4.98 Å². The molecule has 204 valence electrons. The molecule has 0 spiro atoms. The molecule has 4 aromatic rings. The number of pyridine rings is 1. The zero-order valence-corrected chi connectivity index (χ0v) is 23.4. The SMILES string of the molecule is CCN(CC)C(=O)c1ccc(C(=C2CC3CCC(C2)N3Cc2cnc3ccccc3c2)c2cccc(O)c2)cc1. The molecule has 0 radical (unpaired) electrons. The van der Waals surface area contributed by atoms with Gasteiger partial charge in [0, 0.05) is 48.9 Å². The molecule has 2 bridgehead atoms. The van der Waals surface area contributed by atoms with E-state index in [0.29, 0.717) is 30.7 Å². The van der Waals surface area contributed by atoms with Gasteiger partial charge in [-0.3, -0.25) is 14.7 Å². The van der Waals surface area contributed by atoms with E-state index in [9.17, 15) is 9.90 Å². The second-order valence-corrected chi connectivity index (χ2v) is 11.1. The first-order valence-corrected chi connectivity index (χ1v) is 14.5. The average Bonchev–Trinajstić information content (AvgIpc) is 3.20. The zero-order valence-electron chi connectivity index (χ0n) is 23.4. The molecule has 0 saturated carbocycles. The molecule has 1 N–H and O–H groups in total. The first-order valence-electron chi connectivity index (χ1n) is 14.5. The van der Waals surface area contributed by atoms with Crippen LogP contribution in [0, 0.1) is 0 Å². The maximum atomic E-state index is 12.9. The molecule has 6 rings (SSSR count). The number of amides is 1. The Balaban J connectivity index is 1.31. The van der Waals surface area contributed by atoms with Crippen LogP contribution in [0.25, 0.3) is 16.5 Å².